The van der Waals surface area contributed by atoms with Crippen molar-refractivity contribution < 1.29 is 0 Å². The third-order valence-corrected chi connectivity index (χ3v) is 4.44. The van der Waals surface area contributed by atoms with Crippen LogP contribution < -0.4 is 0 Å². The maximum atomic E-state index is 6.70. The van der Waals surface area contributed by atoms with E-state index in [0.717, 1.165) is 6.42 Å². The smallest absolute Gasteiger partial charge is 0.0594 e. The molecule has 0 radical (unpaired) electrons. The summed E-state index contributed by atoms with van der Waals surface area (Å²) in [6.45, 7) is 0. The molecule has 1 atom stereocenters. The Hall–Kier alpha value is -2.05. The first kappa shape index (κ1) is 14.9. The van der Waals surface area contributed by atoms with Crippen molar-refractivity contribution >= 4 is 11.6 Å². The molecule has 0 bridgehead atoms. The zero-order valence-corrected chi connectivity index (χ0v) is 13.2. The Morgan fingerprint density at radius 1 is 0.545 bits per heavy atom. The van der Waals surface area contributed by atoms with E-state index in [1.807, 2.05) is 18.2 Å². The Balaban J connectivity index is 1.90. The van der Waals surface area contributed by atoms with Gasteiger partial charge in [-0.3, -0.25) is 0 Å². The molecule has 1 heteroatoms. The van der Waals surface area contributed by atoms with Crippen molar-refractivity contribution in [3.63, 3.8) is 0 Å². The van der Waals surface area contributed by atoms with Gasteiger partial charge in [-0.05, 0) is 23.1 Å². The summed E-state index contributed by atoms with van der Waals surface area (Å²) in [5.74, 6) is 0.310. The van der Waals surface area contributed by atoms with Crippen molar-refractivity contribution in [1.29, 1.82) is 0 Å². The van der Waals surface area contributed by atoms with Crippen LogP contribution in [-0.2, 0) is 0 Å². The minimum atomic E-state index is 0.00612. The Kier molecular flexibility index (Phi) is 4.92. The molecule has 0 N–H and O–H groups in total. The molecule has 0 fully saturated rings. The van der Waals surface area contributed by atoms with E-state index in [1.165, 1.54) is 16.7 Å². The van der Waals surface area contributed by atoms with E-state index in [9.17, 15) is 0 Å². The van der Waals surface area contributed by atoms with Crippen LogP contribution in [0.2, 0.25) is 0 Å². The predicted molar refractivity (Wildman–Crippen MR) is 94.4 cm³/mol. The summed E-state index contributed by atoms with van der Waals surface area (Å²) in [5, 5.41) is 0.00612. The average Bonchev–Trinajstić information content (AvgIpc) is 2.62. The van der Waals surface area contributed by atoms with E-state index < -0.39 is 0 Å². The highest BCUT2D eigenvalue weighted by atomic mass is 35.5. The minimum absolute atomic E-state index is 0.00612. The number of hydrogen-bond donors (Lipinski definition) is 0. The summed E-state index contributed by atoms with van der Waals surface area (Å²) in [6.07, 6.45) is 0.888. The first-order chi connectivity index (χ1) is 10.8. The van der Waals surface area contributed by atoms with E-state index in [-0.39, 0.29) is 5.38 Å². The van der Waals surface area contributed by atoms with Crippen molar-refractivity contribution in [1.82, 2.24) is 0 Å². The third-order valence-electron chi connectivity index (χ3n) is 4.01. The van der Waals surface area contributed by atoms with Gasteiger partial charge >= 0.3 is 0 Å². The van der Waals surface area contributed by atoms with Crippen molar-refractivity contribution in [2.24, 2.45) is 0 Å². The monoisotopic (exact) mass is 306 g/mol. The molecule has 0 saturated carbocycles. The molecule has 0 aromatic heterocycles. The van der Waals surface area contributed by atoms with Crippen LogP contribution >= 0.6 is 11.6 Å². The summed E-state index contributed by atoms with van der Waals surface area (Å²) in [4.78, 5) is 0. The molecule has 3 rings (SSSR count). The highest BCUT2D eigenvalue weighted by Crippen LogP contribution is 2.36. The molecule has 22 heavy (non-hydrogen) atoms. The second-order valence-electron chi connectivity index (χ2n) is 5.49. The van der Waals surface area contributed by atoms with Gasteiger partial charge in [0.25, 0.3) is 0 Å². The van der Waals surface area contributed by atoms with Gasteiger partial charge in [-0.1, -0.05) is 91.0 Å². The molecule has 1 unspecified atom stereocenters. The molecule has 3 aromatic rings. The van der Waals surface area contributed by atoms with Gasteiger partial charge in [0.15, 0.2) is 0 Å². The first-order valence-electron chi connectivity index (χ1n) is 7.63. The fourth-order valence-electron chi connectivity index (χ4n) is 2.84. The van der Waals surface area contributed by atoms with Crippen LogP contribution in [0.1, 0.15) is 34.4 Å². The van der Waals surface area contributed by atoms with Crippen molar-refractivity contribution in [3.8, 4) is 0 Å². The number of benzene rings is 3. The van der Waals surface area contributed by atoms with E-state index in [1.54, 1.807) is 0 Å². The van der Waals surface area contributed by atoms with Crippen LogP contribution in [0, 0.1) is 0 Å². The highest BCUT2D eigenvalue weighted by Gasteiger charge is 2.19. The van der Waals surface area contributed by atoms with E-state index in [4.69, 9.17) is 11.6 Å². The standard InChI is InChI=1S/C21H19Cl/c22-21(19-14-8-3-9-15-19)16-20(17-10-4-1-5-11-17)18-12-6-2-7-13-18/h1-15,20-21H,16H2. The third kappa shape index (κ3) is 3.58. The summed E-state index contributed by atoms with van der Waals surface area (Å²) in [5.41, 5.74) is 3.81. The summed E-state index contributed by atoms with van der Waals surface area (Å²) < 4.78 is 0. The normalized spacial score (nSPS) is 12.3. The first-order valence-corrected chi connectivity index (χ1v) is 8.07. The predicted octanol–water partition coefficient (Wildman–Crippen LogP) is 6.19. The molecule has 0 aliphatic heterocycles. The van der Waals surface area contributed by atoms with Crippen molar-refractivity contribution in [2.45, 2.75) is 17.7 Å². The van der Waals surface area contributed by atoms with Gasteiger partial charge in [0.2, 0.25) is 0 Å². The van der Waals surface area contributed by atoms with E-state index in [0.29, 0.717) is 5.92 Å². The van der Waals surface area contributed by atoms with Crippen LogP contribution in [0.15, 0.2) is 91.0 Å². The molecule has 0 heterocycles. The molecule has 0 aliphatic rings. The summed E-state index contributed by atoms with van der Waals surface area (Å²) in [6, 6.07) is 31.6. The largest absolute Gasteiger partial charge is 0.118 e. The lowest BCUT2D eigenvalue weighted by molar-refractivity contribution is 0.697. The number of rotatable bonds is 5. The molecule has 3 aromatic carbocycles. The maximum absolute atomic E-state index is 6.70. The number of alkyl halides is 1. The van der Waals surface area contributed by atoms with E-state index in [2.05, 4.69) is 72.8 Å². The fourth-order valence-corrected chi connectivity index (χ4v) is 3.16. The van der Waals surface area contributed by atoms with Gasteiger partial charge in [-0.25, -0.2) is 0 Å². The van der Waals surface area contributed by atoms with Gasteiger partial charge in [-0.2, -0.15) is 0 Å². The Morgan fingerprint density at radius 2 is 0.909 bits per heavy atom. The van der Waals surface area contributed by atoms with Crippen LogP contribution in [0.5, 0.6) is 0 Å². The van der Waals surface area contributed by atoms with Crippen LogP contribution in [-0.4, -0.2) is 0 Å². The second-order valence-corrected chi connectivity index (χ2v) is 6.01. The molecule has 0 amide bonds. The summed E-state index contributed by atoms with van der Waals surface area (Å²) in [7, 11) is 0. The summed E-state index contributed by atoms with van der Waals surface area (Å²) >= 11 is 6.70. The lowest BCUT2D eigenvalue weighted by Crippen LogP contribution is -2.05. The quantitative estimate of drug-likeness (QED) is 0.493. The topological polar surface area (TPSA) is 0 Å². The molecule has 0 nitrogen and oxygen atoms in total. The minimum Gasteiger partial charge on any atom is -0.118 e. The lowest BCUT2D eigenvalue weighted by Gasteiger charge is -2.21. The molecule has 0 aliphatic carbocycles. The van der Waals surface area contributed by atoms with Gasteiger partial charge in [0.05, 0.1) is 5.38 Å². The molecular weight excluding hydrogens is 288 g/mol. The second kappa shape index (κ2) is 7.29. The van der Waals surface area contributed by atoms with Gasteiger partial charge < -0.3 is 0 Å². The number of hydrogen-bond acceptors (Lipinski definition) is 0. The van der Waals surface area contributed by atoms with Crippen molar-refractivity contribution in [3.05, 3.63) is 108 Å². The Bertz CT molecular complexity index is 637. The van der Waals surface area contributed by atoms with Gasteiger partial charge in [-0.15, -0.1) is 11.6 Å². The SMILES string of the molecule is ClC(CC(c1ccccc1)c1ccccc1)c1ccccc1. The molecule has 0 spiro atoms. The zero-order valence-electron chi connectivity index (χ0n) is 12.4. The molecular formula is C21H19Cl. The van der Waals surface area contributed by atoms with Crippen LogP contribution in [0.4, 0.5) is 0 Å². The number of halogens is 1. The fraction of sp³-hybridized carbons (Fsp3) is 0.143. The molecule has 0 saturated heterocycles. The van der Waals surface area contributed by atoms with E-state index >= 15 is 0 Å². The van der Waals surface area contributed by atoms with Crippen LogP contribution in [0.3, 0.4) is 0 Å². The van der Waals surface area contributed by atoms with Gasteiger partial charge in [0, 0.05) is 5.92 Å². The maximum Gasteiger partial charge on any atom is 0.0594 e. The Morgan fingerprint density at radius 3 is 1.32 bits per heavy atom. The van der Waals surface area contributed by atoms with Crippen molar-refractivity contribution in [2.75, 3.05) is 0 Å². The zero-order chi connectivity index (χ0) is 15.2. The molecule has 110 valence electrons. The average molecular weight is 307 g/mol. The van der Waals surface area contributed by atoms with Gasteiger partial charge in [0.1, 0.15) is 0 Å². The van der Waals surface area contributed by atoms with Crippen LogP contribution in [0.25, 0.3) is 0 Å². The highest BCUT2D eigenvalue weighted by molar-refractivity contribution is 6.20. The Labute approximate surface area is 137 Å². The lowest BCUT2D eigenvalue weighted by atomic mass is 9.86.